The number of amides is 1. The van der Waals surface area contributed by atoms with Crippen molar-refractivity contribution in [1.82, 2.24) is 0 Å². The number of fused-ring (bicyclic) bond motifs is 1. The number of benzene rings is 1. The van der Waals surface area contributed by atoms with Gasteiger partial charge in [0, 0.05) is 16.9 Å². The molecule has 1 aromatic rings. The number of rotatable bonds is 5. The predicted molar refractivity (Wildman–Crippen MR) is 106 cm³/mol. The molecule has 8 heteroatoms. The fourth-order valence-corrected chi connectivity index (χ4v) is 7.03. The van der Waals surface area contributed by atoms with Crippen molar-refractivity contribution in [1.29, 1.82) is 0 Å². The van der Waals surface area contributed by atoms with Gasteiger partial charge < -0.3 is 9.64 Å². The van der Waals surface area contributed by atoms with Gasteiger partial charge in [-0.3, -0.25) is 4.79 Å². The number of thioether (sulfide) groups is 1. The molecule has 0 aliphatic carbocycles. The van der Waals surface area contributed by atoms with Crippen LogP contribution in [0.25, 0.3) is 0 Å². The lowest BCUT2D eigenvalue weighted by atomic mass is 10.1. The molecule has 142 valence electrons. The first kappa shape index (κ1) is 19.2. The highest BCUT2D eigenvalue weighted by Crippen LogP contribution is 2.41. The topological polar surface area (TPSA) is 76.0 Å². The second kappa shape index (κ2) is 7.60. The first-order valence-corrected chi connectivity index (χ1v) is 11.6. The van der Waals surface area contributed by atoms with Crippen molar-refractivity contribution in [2.75, 3.05) is 23.0 Å². The van der Waals surface area contributed by atoms with Gasteiger partial charge in [-0.15, -0.1) is 0 Å². The highest BCUT2D eigenvalue weighted by Gasteiger charge is 2.49. The lowest BCUT2D eigenvalue weighted by Crippen LogP contribution is -2.37. The number of carbonyl (C=O) groups excluding carboxylic acids is 1. The summed E-state index contributed by atoms with van der Waals surface area (Å²) in [6, 6.07) is 7.30. The molecule has 2 heterocycles. The van der Waals surface area contributed by atoms with E-state index >= 15 is 0 Å². The third-order valence-electron chi connectivity index (χ3n) is 4.73. The number of sulfone groups is 1. The van der Waals surface area contributed by atoms with Gasteiger partial charge in [0.2, 0.25) is 0 Å². The average Bonchev–Trinajstić information content (AvgIpc) is 3.06. The molecule has 26 heavy (non-hydrogen) atoms. The number of anilines is 1. The molecule has 0 bridgehead atoms. The standard InChI is InChI=1S/C18H24N2O4S2/c1-4-12(3)17(21)19-18-20(13-6-8-14(9-7-13)24-5-2)15-10-26(22,23)11-16(15)25-18/h6-9,12,15-16H,4-5,10-11H2,1-3H3/t12-,15-,16-/m0/s1. The molecule has 1 aromatic carbocycles. The number of amidine groups is 1. The van der Waals surface area contributed by atoms with E-state index in [1.165, 1.54) is 11.8 Å². The van der Waals surface area contributed by atoms with Gasteiger partial charge in [0.05, 0.1) is 24.2 Å². The molecular weight excluding hydrogens is 372 g/mol. The Hall–Kier alpha value is -1.54. The van der Waals surface area contributed by atoms with Crippen LogP contribution in [0.4, 0.5) is 5.69 Å². The Balaban J connectivity index is 1.94. The number of carbonyl (C=O) groups is 1. The van der Waals surface area contributed by atoms with E-state index in [0.717, 1.165) is 17.9 Å². The van der Waals surface area contributed by atoms with Crippen LogP contribution >= 0.6 is 11.8 Å². The highest BCUT2D eigenvalue weighted by atomic mass is 32.2. The van der Waals surface area contributed by atoms with Crippen molar-refractivity contribution < 1.29 is 17.9 Å². The molecule has 0 spiro atoms. The molecule has 2 aliphatic heterocycles. The Kier molecular flexibility index (Phi) is 5.62. The van der Waals surface area contributed by atoms with Crippen LogP contribution in [-0.2, 0) is 14.6 Å². The first-order chi connectivity index (χ1) is 12.3. The Morgan fingerprint density at radius 2 is 2.00 bits per heavy atom. The Morgan fingerprint density at radius 1 is 1.31 bits per heavy atom. The van der Waals surface area contributed by atoms with Crippen LogP contribution in [0.5, 0.6) is 5.75 Å². The smallest absolute Gasteiger partial charge is 0.250 e. The molecule has 2 saturated heterocycles. The molecule has 0 radical (unpaired) electrons. The van der Waals surface area contributed by atoms with Gasteiger partial charge in [0.1, 0.15) is 5.75 Å². The van der Waals surface area contributed by atoms with E-state index in [2.05, 4.69) is 4.99 Å². The maximum Gasteiger partial charge on any atom is 0.250 e. The van der Waals surface area contributed by atoms with E-state index in [-0.39, 0.29) is 34.6 Å². The highest BCUT2D eigenvalue weighted by molar-refractivity contribution is 8.16. The zero-order valence-electron chi connectivity index (χ0n) is 15.2. The SMILES string of the molecule is CCOc1ccc(N2C(=NC(=O)[C@@H](C)CC)S[C@H]3CS(=O)(=O)C[C@@H]32)cc1. The van der Waals surface area contributed by atoms with E-state index in [9.17, 15) is 13.2 Å². The molecule has 6 nitrogen and oxygen atoms in total. The zero-order valence-corrected chi connectivity index (χ0v) is 16.8. The van der Waals surface area contributed by atoms with Gasteiger partial charge in [-0.05, 0) is 37.6 Å². The molecule has 1 amide bonds. The summed E-state index contributed by atoms with van der Waals surface area (Å²) in [4.78, 5) is 18.6. The molecule has 3 rings (SSSR count). The zero-order chi connectivity index (χ0) is 18.9. The van der Waals surface area contributed by atoms with Gasteiger partial charge in [0.15, 0.2) is 15.0 Å². The number of aliphatic imine (C=N–C) groups is 1. The summed E-state index contributed by atoms with van der Waals surface area (Å²) in [6.07, 6.45) is 0.727. The minimum atomic E-state index is -3.06. The van der Waals surface area contributed by atoms with E-state index in [0.29, 0.717) is 11.8 Å². The molecule has 0 aromatic heterocycles. The van der Waals surface area contributed by atoms with E-state index in [4.69, 9.17) is 4.74 Å². The van der Waals surface area contributed by atoms with Crippen LogP contribution < -0.4 is 9.64 Å². The lowest BCUT2D eigenvalue weighted by Gasteiger charge is -2.24. The van der Waals surface area contributed by atoms with Crippen molar-refractivity contribution in [3.8, 4) is 5.75 Å². The van der Waals surface area contributed by atoms with Gasteiger partial charge >= 0.3 is 0 Å². The van der Waals surface area contributed by atoms with Crippen molar-refractivity contribution in [2.24, 2.45) is 10.9 Å². The molecule has 3 atom stereocenters. The number of nitrogens with zero attached hydrogens (tertiary/aromatic N) is 2. The van der Waals surface area contributed by atoms with Crippen LogP contribution in [0.15, 0.2) is 29.3 Å². The Labute approximate surface area is 158 Å². The van der Waals surface area contributed by atoms with Crippen LogP contribution in [-0.4, -0.2) is 48.9 Å². The van der Waals surface area contributed by atoms with Gasteiger partial charge in [-0.2, -0.15) is 4.99 Å². The third kappa shape index (κ3) is 3.91. The summed E-state index contributed by atoms with van der Waals surface area (Å²) in [6.45, 7) is 6.32. The second-order valence-corrected chi connectivity index (χ2v) is 10.00. The number of ether oxygens (including phenoxy) is 1. The summed E-state index contributed by atoms with van der Waals surface area (Å²) in [5, 5.41) is 0.513. The normalized spacial score (nSPS) is 26.7. The fourth-order valence-electron chi connectivity index (χ4n) is 3.12. The number of hydrogen-bond donors (Lipinski definition) is 0. The van der Waals surface area contributed by atoms with Crippen LogP contribution in [0.1, 0.15) is 27.2 Å². The van der Waals surface area contributed by atoms with E-state index in [1.54, 1.807) is 0 Å². The van der Waals surface area contributed by atoms with E-state index < -0.39 is 9.84 Å². The third-order valence-corrected chi connectivity index (χ3v) is 7.94. The summed E-state index contributed by atoms with van der Waals surface area (Å²) < 4.78 is 29.6. The first-order valence-electron chi connectivity index (χ1n) is 8.86. The lowest BCUT2D eigenvalue weighted by molar-refractivity contribution is -0.121. The molecule has 2 aliphatic rings. The Bertz CT molecular complexity index is 805. The van der Waals surface area contributed by atoms with Crippen molar-refractivity contribution in [3.63, 3.8) is 0 Å². The van der Waals surface area contributed by atoms with Crippen molar-refractivity contribution in [3.05, 3.63) is 24.3 Å². The average molecular weight is 397 g/mol. The molecule has 0 unspecified atom stereocenters. The van der Waals surface area contributed by atoms with E-state index in [1.807, 2.05) is 49.9 Å². The van der Waals surface area contributed by atoms with Gasteiger partial charge in [0.25, 0.3) is 5.91 Å². The summed E-state index contributed by atoms with van der Waals surface area (Å²) in [5.41, 5.74) is 0.834. The quantitative estimate of drug-likeness (QED) is 0.762. The summed E-state index contributed by atoms with van der Waals surface area (Å²) >= 11 is 1.40. The largest absolute Gasteiger partial charge is 0.494 e. The minimum Gasteiger partial charge on any atom is -0.494 e. The summed E-state index contributed by atoms with van der Waals surface area (Å²) in [5.74, 6) is 0.678. The molecular formula is C18H24N2O4S2. The van der Waals surface area contributed by atoms with Gasteiger partial charge in [-0.1, -0.05) is 25.6 Å². The van der Waals surface area contributed by atoms with Crippen molar-refractivity contribution in [2.45, 2.75) is 38.5 Å². The van der Waals surface area contributed by atoms with Crippen LogP contribution in [0, 0.1) is 5.92 Å². The Morgan fingerprint density at radius 3 is 2.62 bits per heavy atom. The fraction of sp³-hybridized carbons (Fsp3) is 0.556. The monoisotopic (exact) mass is 396 g/mol. The van der Waals surface area contributed by atoms with Gasteiger partial charge in [-0.25, -0.2) is 8.42 Å². The maximum absolute atomic E-state index is 12.3. The predicted octanol–water partition coefficient (Wildman–Crippen LogP) is 2.73. The summed E-state index contributed by atoms with van der Waals surface area (Å²) in [7, 11) is -3.06. The second-order valence-electron chi connectivity index (χ2n) is 6.64. The minimum absolute atomic E-state index is 0.0879. The molecule has 2 fully saturated rings. The van der Waals surface area contributed by atoms with Crippen LogP contribution in [0.2, 0.25) is 0 Å². The van der Waals surface area contributed by atoms with Crippen LogP contribution in [0.3, 0.4) is 0 Å². The molecule has 0 N–H and O–H groups in total. The molecule has 0 saturated carbocycles. The number of hydrogen-bond acceptors (Lipinski definition) is 5. The maximum atomic E-state index is 12.3. The van der Waals surface area contributed by atoms with Crippen molar-refractivity contribution >= 4 is 38.4 Å².